The Hall–Kier alpha value is -3.13. The Labute approximate surface area is 208 Å². The Bertz CT molecular complexity index is 1040. The number of nitrogens with zero attached hydrogens (tertiary/aromatic N) is 2. The molecule has 0 saturated heterocycles. The summed E-state index contributed by atoms with van der Waals surface area (Å²) in [6, 6.07) is 6.13. The minimum Gasteiger partial charge on any atom is -0.497 e. The molecule has 0 bridgehead atoms. The molecular weight excluding hydrogens is 448 g/mol. The van der Waals surface area contributed by atoms with E-state index in [9.17, 15) is 14.4 Å². The molecule has 0 saturated carbocycles. The highest BCUT2D eigenvalue weighted by molar-refractivity contribution is 6.07. The Morgan fingerprint density at radius 1 is 1.09 bits per heavy atom. The second-order valence-corrected chi connectivity index (χ2v) is 8.22. The first kappa shape index (κ1) is 28.1. The highest BCUT2D eigenvalue weighted by Gasteiger charge is 2.33. The van der Waals surface area contributed by atoms with E-state index in [-0.39, 0.29) is 18.3 Å². The van der Waals surface area contributed by atoms with Gasteiger partial charge in [-0.2, -0.15) is 0 Å². The number of Topliss-reactive ketones (excluding diaryl/α,β-unsaturated/α-hetero) is 1. The van der Waals surface area contributed by atoms with Crippen LogP contribution in [0.25, 0.3) is 0 Å². The maximum Gasteiger partial charge on any atom is 0.355 e. The van der Waals surface area contributed by atoms with E-state index in [1.807, 2.05) is 20.8 Å². The van der Waals surface area contributed by atoms with Gasteiger partial charge in [-0.3, -0.25) is 9.59 Å². The van der Waals surface area contributed by atoms with Gasteiger partial charge in [0.15, 0.2) is 5.78 Å². The number of hydrogen-bond donors (Lipinski definition) is 0. The summed E-state index contributed by atoms with van der Waals surface area (Å²) in [6.07, 6.45) is 0.586. The zero-order valence-electron chi connectivity index (χ0n) is 22.0. The van der Waals surface area contributed by atoms with Crippen LogP contribution in [0.3, 0.4) is 0 Å². The third-order valence-electron chi connectivity index (χ3n) is 6.11. The molecular formula is C27H38N2O6. The molecule has 0 fully saturated rings. The normalized spacial score (nSPS) is 11.7. The molecule has 1 heterocycles. The summed E-state index contributed by atoms with van der Waals surface area (Å²) in [5.74, 6) is -0.375. The van der Waals surface area contributed by atoms with Gasteiger partial charge in [-0.25, -0.2) is 4.79 Å². The number of carbonyl (C=O) groups is 3. The molecule has 8 heteroatoms. The molecule has 35 heavy (non-hydrogen) atoms. The van der Waals surface area contributed by atoms with E-state index in [4.69, 9.17) is 14.2 Å². The third kappa shape index (κ3) is 6.31. The van der Waals surface area contributed by atoms with Crippen molar-refractivity contribution in [1.29, 1.82) is 0 Å². The summed E-state index contributed by atoms with van der Waals surface area (Å²) in [6.45, 7) is 13.1. The number of aromatic nitrogens is 1. The molecule has 0 aliphatic heterocycles. The smallest absolute Gasteiger partial charge is 0.355 e. The quantitative estimate of drug-likeness (QED) is 0.236. The highest BCUT2D eigenvalue weighted by Crippen LogP contribution is 2.26. The Morgan fingerprint density at radius 2 is 1.80 bits per heavy atom. The van der Waals surface area contributed by atoms with Crippen LogP contribution in [0.2, 0.25) is 0 Å². The largest absolute Gasteiger partial charge is 0.497 e. The molecule has 0 aliphatic carbocycles. The number of ketones is 1. The van der Waals surface area contributed by atoms with Crippen molar-refractivity contribution >= 4 is 17.7 Å². The average molecular weight is 487 g/mol. The van der Waals surface area contributed by atoms with Crippen LogP contribution in [-0.2, 0) is 16.0 Å². The van der Waals surface area contributed by atoms with Gasteiger partial charge in [0.2, 0.25) is 0 Å². The average Bonchev–Trinajstić information content (AvgIpc) is 3.12. The number of amides is 1. The standard InChI is InChI=1S/C27H38N2O6/c1-8-28-19(5)23(18(4)24(28)27(32)35-10-3)25(30)20(6)29(15-12-16-34-9-2)26(31)21-13-11-14-22(17-21)33-7/h11,13-14,17,20H,8-10,12,15-16H2,1-7H3. The molecule has 0 N–H and O–H groups in total. The molecule has 192 valence electrons. The van der Waals surface area contributed by atoms with Crippen LogP contribution >= 0.6 is 0 Å². The minimum atomic E-state index is -0.754. The predicted octanol–water partition coefficient (Wildman–Crippen LogP) is 4.45. The number of carbonyl (C=O) groups excluding carboxylic acids is 3. The fraction of sp³-hybridized carbons (Fsp3) is 0.519. The number of esters is 1. The lowest BCUT2D eigenvalue weighted by Gasteiger charge is -2.29. The zero-order valence-corrected chi connectivity index (χ0v) is 22.0. The maximum atomic E-state index is 13.8. The fourth-order valence-corrected chi connectivity index (χ4v) is 4.34. The maximum absolute atomic E-state index is 13.8. The Kier molecular flexibility index (Phi) is 10.5. The third-order valence-corrected chi connectivity index (χ3v) is 6.11. The van der Waals surface area contributed by atoms with Crippen molar-refractivity contribution in [2.24, 2.45) is 0 Å². The summed E-state index contributed by atoms with van der Waals surface area (Å²) < 4.78 is 17.8. The molecule has 1 amide bonds. The summed E-state index contributed by atoms with van der Waals surface area (Å²) in [7, 11) is 1.54. The van der Waals surface area contributed by atoms with Crippen LogP contribution in [0.5, 0.6) is 5.75 Å². The van der Waals surface area contributed by atoms with Crippen molar-refractivity contribution in [3.8, 4) is 5.75 Å². The van der Waals surface area contributed by atoms with Crippen molar-refractivity contribution in [2.45, 2.75) is 60.5 Å². The number of ether oxygens (including phenoxy) is 3. The van der Waals surface area contributed by atoms with Gasteiger partial charge < -0.3 is 23.7 Å². The molecule has 2 aromatic rings. The second-order valence-electron chi connectivity index (χ2n) is 8.22. The molecule has 1 aromatic carbocycles. The monoisotopic (exact) mass is 486 g/mol. The number of rotatable bonds is 13. The Morgan fingerprint density at radius 3 is 2.40 bits per heavy atom. The first-order chi connectivity index (χ1) is 16.7. The molecule has 0 aliphatic rings. The van der Waals surface area contributed by atoms with Crippen LogP contribution in [-0.4, -0.2) is 66.6 Å². The van der Waals surface area contributed by atoms with Gasteiger partial charge in [0, 0.05) is 43.1 Å². The molecule has 0 radical (unpaired) electrons. The van der Waals surface area contributed by atoms with Gasteiger partial charge in [0.25, 0.3) is 5.91 Å². The zero-order chi connectivity index (χ0) is 26.1. The van der Waals surface area contributed by atoms with E-state index in [2.05, 4.69) is 0 Å². The van der Waals surface area contributed by atoms with E-state index in [0.717, 1.165) is 0 Å². The molecule has 1 unspecified atom stereocenters. The summed E-state index contributed by atoms with van der Waals surface area (Å²) in [5.41, 5.74) is 2.53. The molecule has 1 aromatic heterocycles. The van der Waals surface area contributed by atoms with Crippen molar-refractivity contribution in [2.75, 3.05) is 33.5 Å². The van der Waals surface area contributed by atoms with Crippen LogP contribution in [0.15, 0.2) is 24.3 Å². The van der Waals surface area contributed by atoms with E-state index < -0.39 is 12.0 Å². The van der Waals surface area contributed by atoms with Crippen molar-refractivity contribution in [3.63, 3.8) is 0 Å². The number of methoxy groups -OCH3 is 1. The minimum absolute atomic E-state index is 0.217. The SMILES string of the molecule is CCOCCCN(C(=O)c1cccc(OC)c1)C(C)C(=O)c1c(C)c(C(=O)OCC)n(CC)c1C. The van der Waals surface area contributed by atoms with Gasteiger partial charge >= 0.3 is 5.97 Å². The van der Waals surface area contributed by atoms with Crippen molar-refractivity contribution < 1.29 is 28.6 Å². The Balaban J connectivity index is 2.47. The number of benzene rings is 1. The van der Waals surface area contributed by atoms with Gasteiger partial charge in [-0.05, 0) is 71.7 Å². The van der Waals surface area contributed by atoms with E-state index in [1.165, 1.54) is 0 Å². The summed E-state index contributed by atoms with van der Waals surface area (Å²) >= 11 is 0. The van der Waals surface area contributed by atoms with Crippen LogP contribution in [0, 0.1) is 13.8 Å². The predicted molar refractivity (Wildman–Crippen MR) is 134 cm³/mol. The van der Waals surface area contributed by atoms with E-state index in [0.29, 0.717) is 66.6 Å². The van der Waals surface area contributed by atoms with Crippen LogP contribution < -0.4 is 4.74 Å². The van der Waals surface area contributed by atoms with Gasteiger partial charge in [0.05, 0.1) is 19.8 Å². The molecule has 8 nitrogen and oxygen atoms in total. The topological polar surface area (TPSA) is 87.1 Å². The van der Waals surface area contributed by atoms with Crippen LogP contribution in [0.1, 0.15) is 76.6 Å². The van der Waals surface area contributed by atoms with Crippen molar-refractivity contribution in [3.05, 3.63) is 52.3 Å². The van der Waals surface area contributed by atoms with Gasteiger partial charge in [-0.1, -0.05) is 6.07 Å². The summed E-state index contributed by atoms with van der Waals surface area (Å²) in [5, 5.41) is 0. The lowest BCUT2D eigenvalue weighted by atomic mass is 9.99. The lowest BCUT2D eigenvalue weighted by molar-refractivity contribution is 0.0512. The molecule has 2 rings (SSSR count). The van der Waals surface area contributed by atoms with E-state index in [1.54, 1.807) is 61.6 Å². The summed E-state index contributed by atoms with van der Waals surface area (Å²) in [4.78, 5) is 41.6. The van der Waals surface area contributed by atoms with Gasteiger partial charge in [0.1, 0.15) is 11.4 Å². The molecule has 0 spiro atoms. The highest BCUT2D eigenvalue weighted by atomic mass is 16.5. The first-order valence-electron chi connectivity index (χ1n) is 12.2. The second kappa shape index (κ2) is 13.1. The van der Waals surface area contributed by atoms with E-state index >= 15 is 0 Å². The van der Waals surface area contributed by atoms with Gasteiger partial charge in [-0.15, -0.1) is 0 Å². The molecule has 1 atom stereocenters. The lowest BCUT2D eigenvalue weighted by Crippen LogP contribution is -2.44. The van der Waals surface area contributed by atoms with Crippen LogP contribution in [0.4, 0.5) is 0 Å². The first-order valence-corrected chi connectivity index (χ1v) is 12.2. The number of hydrogen-bond acceptors (Lipinski definition) is 6. The van der Waals surface area contributed by atoms with Crippen molar-refractivity contribution in [1.82, 2.24) is 9.47 Å². The fourth-order valence-electron chi connectivity index (χ4n) is 4.34.